The highest BCUT2D eigenvalue weighted by Gasteiger charge is 2.16. The van der Waals surface area contributed by atoms with Crippen LogP contribution in [0.4, 0.5) is 11.5 Å². The molecule has 2 N–H and O–H groups in total. The Bertz CT molecular complexity index is 599. The molecule has 0 aliphatic carbocycles. The molecule has 1 aromatic heterocycles. The number of carbonyl (C=O) groups excluding carboxylic acids is 1. The molecule has 0 aliphatic rings. The molecule has 0 spiro atoms. The van der Waals surface area contributed by atoms with Crippen LogP contribution < -0.4 is 10.6 Å². The first-order valence-electron chi connectivity index (χ1n) is 6.21. The number of carbonyl (C=O) groups is 1. The maximum absolute atomic E-state index is 11.6. The predicted octanol–water partition coefficient (Wildman–Crippen LogP) is 2.09. The van der Waals surface area contributed by atoms with Crippen molar-refractivity contribution in [3.63, 3.8) is 0 Å². The Morgan fingerprint density at radius 1 is 1.30 bits per heavy atom. The van der Waals surface area contributed by atoms with E-state index in [1.165, 1.54) is 7.11 Å². The third kappa shape index (κ3) is 2.88. The second-order valence-corrected chi connectivity index (χ2v) is 4.43. The summed E-state index contributed by atoms with van der Waals surface area (Å²) in [6, 6.07) is 11.5. The molecule has 2 rings (SSSR count). The van der Waals surface area contributed by atoms with E-state index in [4.69, 9.17) is 10.5 Å². The van der Waals surface area contributed by atoms with Crippen LogP contribution in [-0.4, -0.2) is 25.1 Å². The van der Waals surface area contributed by atoms with E-state index in [0.717, 1.165) is 5.56 Å². The first-order chi connectivity index (χ1) is 9.63. The maximum atomic E-state index is 11.6. The summed E-state index contributed by atoms with van der Waals surface area (Å²) in [5.41, 5.74) is 7.81. The van der Waals surface area contributed by atoms with E-state index in [0.29, 0.717) is 23.6 Å². The highest BCUT2D eigenvalue weighted by Crippen LogP contribution is 2.24. The van der Waals surface area contributed by atoms with E-state index >= 15 is 0 Å². The van der Waals surface area contributed by atoms with Crippen molar-refractivity contribution in [1.29, 1.82) is 0 Å². The molecule has 0 saturated heterocycles. The number of hydrogen-bond acceptors (Lipinski definition) is 5. The van der Waals surface area contributed by atoms with Gasteiger partial charge in [-0.2, -0.15) is 0 Å². The third-order valence-electron chi connectivity index (χ3n) is 3.00. The fourth-order valence-electron chi connectivity index (χ4n) is 1.99. The van der Waals surface area contributed by atoms with E-state index in [1.807, 2.05) is 42.3 Å². The number of esters is 1. The Kier molecular flexibility index (Phi) is 4.20. The zero-order chi connectivity index (χ0) is 14.5. The van der Waals surface area contributed by atoms with Crippen molar-refractivity contribution in [3.05, 3.63) is 53.7 Å². The minimum atomic E-state index is -0.459. The molecule has 0 saturated carbocycles. The molecule has 0 bridgehead atoms. The normalized spacial score (nSPS) is 10.1. The number of benzene rings is 1. The minimum absolute atomic E-state index is 0.331. The van der Waals surface area contributed by atoms with Crippen LogP contribution in [0, 0.1) is 0 Å². The van der Waals surface area contributed by atoms with Gasteiger partial charge in [0.15, 0.2) is 5.82 Å². The summed E-state index contributed by atoms with van der Waals surface area (Å²) in [6.07, 6.45) is 1.56. The molecule has 5 nitrogen and oxygen atoms in total. The Morgan fingerprint density at radius 2 is 2.00 bits per heavy atom. The van der Waals surface area contributed by atoms with Gasteiger partial charge in [0.1, 0.15) is 0 Å². The summed E-state index contributed by atoms with van der Waals surface area (Å²) in [6.45, 7) is 0.655. The zero-order valence-electron chi connectivity index (χ0n) is 11.5. The lowest BCUT2D eigenvalue weighted by molar-refractivity contribution is 0.0602. The van der Waals surface area contributed by atoms with Gasteiger partial charge in [-0.05, 0) is 11.6 Å². The number of nitrogens with zero attached hydrogens (tertiary/aromatic N) is 2. The molecule has 1 heterocycles. The molecule has 5 heteroatoms. The van der Waals surface area contributed by atoms with Gasteiger partial charge in [-0.25, -0.2) is 9.78 Å². The van der Waals surface area contributed by atoms with Gasteiger partial charge in [0.25, 0.3) is 0 Å². The van der Waals surface area contributed by atoms with Gasteiger partial charge in [0, 0.05) is 19.8 Å². The van der Waals surface area contributed by atoms with Crippen LogP contribution in [0.2, 0.25) is 0 Å². The van der Waals surface area contributed by atoms with E-state index in [-0.39, 0.29) is 0 Å². The molecule has 2 aromatic rings. The topological polar surface area (TPSA) is 68.5 Å². The largest absolute Gasteiger partial charge is 0.465 e. The van der Waals surface area contributed by atoms with Crippen molar-refractivity contribution in [1.82, 2.24) is 4.98 Å². The van der Waals surface area contributed by atoms with Crippen LogP contribution >= 0.6 is 0 Å². The van der Waals surface area contributed by atoms with Gasteiger partial charge < -0.3 is 15.4 Å². The molecule has 0 atom stereocenters. The van der Waals surface area contributed by atoms with Gasteiger partial charge >= 0.3 is 5.97 Å². The Morgan fingerprint density at radius 3 is 2.65 bits per heavy atom. The van der Waals surface area contributed by atoms with Crippen LogP contribution in [-0.2, 0) is 11.3 Å². The van der Waals surface area contributed by atoms with E-state index in [2.05, 4.69) is 4.98 Å². The molecule has 104 valence electrons. The van der Waals surface area contributed by atoms with Crippen LogP contribution in [0.5, 0.6) is 0 Å². The van der Waals surface area contributed by atoms with Gasteiger partial charge in [0.2, 0.25) is 0 Å². The average Bonchev–Trinajstić information content (AvgIpc) is 2.47. The summed E-state index contributed by atoms with van der Waals surface area (Å²) in [5.74, 6) is 0.107. The highest BCUT2D eigenvalue weighted by molar-refractivity contribution is 5.97. The SMILES string of the molecule is COC(=O)c1ccnc(N(C)Cc2ccccc2)c1N. The fraction of sp³-hybridized carbons (Fsp3) is 0.200. The summed E-state index contributed by atoms with van der Waals surface area (Å²) in [4.78, 5) is 17.8. The number of nitrogen functional groups attached to an aromatic ring is 1. The number of methoxy groups -OCH3 is 1. The van der Waals surface area contributed by atoms with Gasteiger partial charge in [-0.15, -0.1) is 0 Å². The van der Waals surface area contributed by atoms with Gasteiger partial charge in [0.05, 0.1) is 18.4 Å². The quantitative estimate of drug-likeness (QED) is 0.862. The Balaban J connectivity index is 2.26. The average molecular weight is 271 g/mol. The monoisotopic (exact) mass is 271 g/mol. The molecule has 1 aromatic carbocycles. The lowest BCUT2D eigenvalue weighted by Gasteiger charge is -2.20. The molecule has 0 fully saturated rings. The standard InChI is InChI=1S/C15H17N3O2/c1-18(10-11-6-4-3-5-7-11)14-13(16)12(8-9-17-14)15(19)20-2/h3-9H,10,16H2,1-2H3. The van der Waals surface area contributed by atoms with Crippen molar-refractivity contribution < 1.29 is 9.53 Å². The van der Waals surface area contributed by atoms with Crippen LogP contribution in [0.25, 0.3) is 0 Å². The lowest BCUT2D eigenvalue weighted by Crippen LogP contribution is -2.20. The number of rotatable bonds is 4. The van der Waals surface area contributed by atoms with Crippen molar-refractivity contribution in [3.8, 4) is 0 Å². The van der Waals surface area contributed by atoms with Crippen LogP contribution in [0.15, 0.2) is 42.6 Å². The lowest BCUT2D eigenvalue weighted by atomic mass is 10.2. The van der Waals surface area contributed by atoms with Crippen LogP contribution in [0.3, 0.4) is 0 Å². The zero-order valence-corrected chi connectivity index (χ0v) is 11.5. The molecule has 20 heavy (non-hydrogen) atoms. The number of anilines is 2. The third-order valence-corrected chi connectivity index (χ3v) is 3.00. The van der Waals surface area contributed by atoms with E-state index in [9.17, 15) is 4.79 Å². The summed E-state index contributed by atoms with van der Waals surface area (Å²) < 4.78 is 4.70. The van der Waals surface area contributed by atoms with Crippen molar-refractivity contribution in [2.45, 2.75) is 6.54 Å². The number of ether oxygens (including phenoxy) is 1. The van der Waals surface area contributed by atoms with Gasteiger partial charge in [-0.1, -0.05) is 30.3 Å². The predicted molar refractivity (Wildman–Crippen MR) is 78.5 cm³/mol. The Labute approximate surface area is 118 Å². The fourth-order valence-corrected chi connectivity index (χ4v) is 1.99. The molecular formula is C15H17N3O2. The smallest absolute Gasteiger partial charge is 0.340 e. The van der Waals surface area contributed by atoms with Gasteiger partial charge in [-0.3, -0.25) is 0 Å². The molecule has 0 amide bonds. The Hall–Kier alpha value is -2.56. The first kappa shape index (κ1) is 13.9. The summed E-state index contributed by atoms with van der Waals surface area (Å²) in [7, 11) is 3.21. The highest BCUT2D eigenvalue weighted by atomic mass is 16.5. The van der Waals surface area contributed by atoms with Crippen LogP contribution in [0.1, 0.15) is 15.9 Å². The van der Waals surface area contributed by atoms with Crippen molar-refractivity contribution in [2.24, 2.45) is 0 Å². The second-order valence-electron chi connectivity index (χ2n) is 4.43. The first-order valence-corrected chi connectivity index (χ1v) is 6.21. The number of hydrogen-bond donors (Lipinski definition) is 1. The van der Waals surface area contributed by atoms with E-state index < -0.39 is 5.97 Å². The van der Waals surface area contributed by atoms with Crippen molar-refractivity contribution >= 4 is 17.5 Å². The summed E-state index contributed by atoms with van der Waals surface area (Å²) >= 11 is 0. The molecular weight excluding hydrogens is 254 g/mol. The number of nitrogens with two attached hydrogens (primary N) is 1. The molecule has 0 radical (unpaired) electrons. The number of pyridine rings is 1. The minimum Gasteiger partial charge on any atom is -0.465 e. The van der Waals surface area contributed by atoms with Crippen molar-refractivity contribution in [2.75, 3.05) is 24.8 Å². The van der Waals surface area contributed by atoms with E-state index in [1.54, 1.807) is 12.3 Å². The maximum Gasteiger partial charge on any atom is 0.340 e. The number of aromatic nitrogens is 1. The molecule has 0 unspecified atom stereocenters. The second kappa shape index (κ2) is 6.06. The summed E-state index contributed by atoms with van der Waals surface area (Å²) in [5, 5.41) is 0. The molecule has 0 aliphatic heterocycles.